The molecule has 0 bridgehead atoms. The molecule has 4 heteroatoms. The van der Waals surface area contributed by atoms with Gasteiger partial charge >= 0.3 is 0 Å². The van der Waals surface area contributed by atoms with Gasteiger partial charge in [-0.1, -0.05) is 22.9 Å². The molecule has 0 amide bonds. The monoisotopic (exact) mass is 343 g/mol. The van der Waals surface area contributed by atoms with Gasteiger partial charge in [0.25, 0.3) is 0 Å². The van der Waals surface area contributed by atoms with Crippen LogP contribution in [0.3, 0.4) is 0 Å². The van der Waals surface area contributed by atoms with Crippen molar-refractivity contribution in [2.45, 2.75) is 50.7 Å². The highest BCUT2D eigenvalue weighted by atomic mass is 79.9. The molecular formula is C16H23BrFNO. The molecule has 1 aromatic carbocycles. The van der Waals surface area contributed by atoms with Gasteiger partial charge in [0.2, 0.25) is 0 Å². The molecule has 0 radical (unpaired) electrons. The van der Waals surface area contributed by atoms with Crippen molar-refractivity contribution in [1.29, 1.82) is 0 Å². The van der Waals surface area contributed by atoms with Gasteiger partial charge in [-0.25, -0.2) is 4.39 Å². The number of benzene rings is 1. The molecule has 0 spiro atoms. The SMILES string of the molecule is CCCNC(Cc1cc(F)cc(Br)c1)C1(OC)CCC1. The second-order valence-electron chi connectivity index (χ2n) is 5.61. The first-order valence-electron chi connectivity index (χ1n) is 7.33. The first-order chi connectivity index (χ1) is 9.59. The van der Waals surface area contributed by atoms with Crippen molar-refractivity contribution in [1.82, 2.24) is 5.32 Å². The number of nitrogens with one attached hydrogen (secondary N) is 1. The number of ether oxygens (including phenoxy) is 1. The molecule has 1 saturated carbocycles. The standard InChI is InChI=1S/C16H23BrFNO/c1-3-7-19-15(16(20-2)5-4-6-16)10-12-8-13(17)11-14(18)9-12/h8-9,11,15,19H,3-7,10H2,1-2H3. The fraction of sp³-hybridized carbons (Fsp3) is 0.625. The number of halogens is 2. The quantitative estimate of drug-likeness (QED) is 0.805. The molecule has 20 heavy (non-hydrogen) atoms. The predicted molar refractivity (Wildman–Crippen MR) is 83.5 cm³/mol. The third kappa shape index (κ3) is 3.60. The van der Waals surface area contributed by atoms with Crippen LogP contribution in [0, 0.1) is 5.82 Å². The average Bonchev–Trinajstić information content (AvgIpc) is 2.33. The van der Waals surface area contributed by atoms with Crippen LogP contribution in [0.25, 0.3) is 0 Å². The van der Waals surface area contributed by atoms with E-state index in [0.717, 1.165) is 42.3 Å². The summed E-state index contributed by atoms with van der Waals surface area (Å²) >= 11 is 3.36. The van der Waals surface area contributed by atoms with Crippen molar-refractivity contribution in [2.75, 3.05) is 13.7 Å². The van der Waals surface area contributed by atoms with Gasteiger partial charge in [-0.15, -0.1) is 0 Å². The van der Waals surface area contributed by atoms with Gasteiger partial charge < -0.3 is 10.1 Å². The van der Waals surface area contributed by atoms with Crippen molar-refractivity contribution in [3.8, 4) is 0 Å². The maximum Gasteiger partial charge on any atom is 0.124 e. The summed E-state index contributed by atoms with van der Waals surface area (Å²) in [5.41, 5.74) is 0.933. The zero-order valence-electron chi connectivity index (χ0n) is 12.2. The summed E-state index contributed by atoms with van der Waals surface area (Å²) in [5, 5.41) is 3.59. The van der Waals surface area contributed by atoms with Gasteiger partial charge in [-0.2, -0.15) is 0 Å². The van der Waals surface area contributed by atoms with Crippen LogP contribution < -0.4 is 5.32 Å². The number of hydrogen-bond acceptors (Lipinski definition) is 2. The molecule has 1 unspecified atom stereocenters. The van der Waals surface area contributed by atoms with Crippen molar-refractivity contribution in [3.63, 3.8) is 0 Å². The van der Waals surface area contributed by atoms with E-state index in [1.807, 2.05) is 6.07 Å². The highest BCUT2D eigenvalue weighted by Gasteiger charge is 2.44. The molecule has 0 saturated heterocycles. The average molecular weight is 344 g/mol. The maximum atomic E-state index is 13.5. The summed E-state index contributed by atoms with van der Waals surface area (Å²) in [6.07, 6.45) is 5.26. The van der Waals surface area contributed by atoms with Gasteiger partial charge in [-0.3, -0.25) is 0 Å². The van der Waals surface area contributed by atoms with E-state index < -0.39 is 0 Å². The molecule has 1 aliphatic carbocycles. The molecule has 0 aromatic heterocycles. The number of hydrogen-bond donors (Lipinski definition) is 1. The highest BCUT2D eigenvalue weighted by molar-refractivity contribution is 9.10. The summed E-state index contributed by atoms with van der Waals surface area (Å²) in [4.78, 5) is 0. The summed E-state index contributed by atoms with van der Waals surface area (Å²) in [7, 11) is 1.79. The highest BCUT2D eigenvalue weighted by Crippen LogP contribution is 2.39. The van der Waals surface area contributed by atoms with Crippen molar-refractivity contribution >= 4 is 15.9 Å². The molecule has 1 aromatic rings. The third-order valence-corrected chi connectivity index (χ3v) is 4.70. The fourth-order valence-electron chi connectivity index (χ4n) is 2.95. The summed E-state index contributed by atoms with van der Waals surface area (Å²) < 4.78 is 20.1. The molecular weight excluding hydrogens is 321 g/mol. The van der Waals surface area contributed by atoms with Crippen LogP contribution >= 0.6 is 15.9 Å². The minimum absolute atomic E-state index is 0.0754. The Morgan fingerprint density at radius 2 is 2.15 bits per heavy atom. The second-order valence-corrected chi connectivity index (χ2v) is 6.53. The summed E-state index contributed by atoms with van der Waals surface area (Å²) in [6, 6.07) is 5.35. The molecule has 112 valence electrons. The van der Waals surface area contributed by atoms with Crippen molar-refractivity contribution in [3.05, 3.63) is 34.1 Å². The lowest BCUT2D eigenvalue weighted by molar-refractivity contribution is -0.0980. The van der Waals surface area contributed by atoms with E-state index in [0.29, 0.717) is 0 Å². The Bertz CT molecular complexity index is 422. The van der Waals surface area contributed by atoms with Gasteiger partial charge in [0.15, 0.2) is 0 Å². The Hall–Kier alpha value is -0.450. The van der Waals surface area contributed by atoms with E-state index in [-0.39, 0.29) is 17.5 Å². The lowest BCUT2D eigenvalue weighted by Crippen LogP contribution is -2.57. The minimum atomic E-state index is -0.191. The second kappa shape index (κ2) is 7.01. The zero-order chi connectivity index (χ0) is 14.6. The first-order valence-corrected chi connectivity index (χ1v) is 8.12. The fourth-order valence-corrected chi connectivity index (χ4v) is 3.46. The third-order valence-electron chi connectivity index (χ3n) is 4.24. The lowest BCUT2D eigenvalue weighted by atomic mass is 9.72. The topological polar surface area (TPSA) is 21.3 Å². The maximum absolute atomic E-state index is 13.5. The number of methoxy groups -OCH3 is 1. The van der Waals surface area contributed by atoms with E-state index in [9.17, 15) is 4.39 Å². The Morgan fingerprint density at radius 3 is 2.65 bits per heavy atom. The van der Waals surface area contributed by atoms with Crippen molar-refractivity contribution in [2.24, 2.45) is 0 Å². The van der Waals surface area contributed by atoms with E-state index >= 15 is 0 Å². The molecule has 1 aliphatic rings. The minimum Gasteiger partial charge on any atom is -0.377 e. The molecule has 0 heterocycles. The van der Waals surface area contributed by atoms with Crippen molar-refractivity contribution < 1.29 is 9.13 Å². The molecule has 0 aliphatic heterocycles. The smallest absolute Gasteiger partial charge is 0.124 e. The van der Waals surface area contributed by atoms with Gasteiger partial charge in [0.05, 0.1) is 5.60 Å². The van der Waals surface area contributed by atoms with Crippen LogP contribution in [-0.4, -0.2) is 25.3 Å². The van der Waals surface area contributed by atoms with Gasteiger partial charge in [0.1, 0.15) is 5.82 Å². The molecule has 1 N–H and O–H groups in total. The normalized spacial score (nSPS) is 18.6. The largest absolute Gasteiger partial charge is 0.377 e. The van der Waals surface area contributed by atoms with E-state index in [1.165, 1.54) is 12.5 Å². The Kier molecular flexibility index (Phi) is 5.58. The van der Waals surface area contributed by atoms with Crippen LogP contribution in [-0.2, 0) is 11.2 Å². The Labute approximate surface area is 129 Å². The first kappa shape index (κ1) is 15.9. The van der Waals surface area contributed by atoms with Crippen LogP contribution in [0.1, 0.15) is 38.2 Å². The summed E-state index contributed by atoms with van der Waals surface area (Å²) in [6.45, 7) is 3.12. The van der Waals surface area contributed by atoms with Gasteiger partial charge in [0, 0.05) is 17.6 Å². The zero-order valence-corrected chi connectivity index (χ0v) is 13.8. The van der Waals surface area contributed by atoms with E-state index in [4.69, 9.17) is 4.74 Å². The predicted octanol–water partition coefficient (Wildman–Crippen LogP) is 4.07. The van der Waals surface area contributed by atoms with E-state index in [1.54, 1.807) is 13.2 Å². The molecule has 1 atom stereocenters. The molecule has 2 rings (SSSR count). The van der Waals surface area contributed by atoms with Crippen LogP contribution in [0.2, 0.25) is 0 Å². The Morgan fingerprint density at radius 1 is 1.40 bits per heavy atom. The lowest BCUT2D eigenvalue weighted by Gasteiger charge is -2.47. The number of rotatable bonds is 7. The van der Waals surface area contributed by atoms with Crippen LogP contribution in [0.5, 0.6) is 0 Å². The summed E-state index contributed by atoms with van der Waals surface area (Å²) in [5.74, 6) is -0.191. The van der Waals surface area contributed by atoms with Crippen LogP contribution in [0.4, 0.5) is 4.39 Å². The molecule has 2 nitrogen and oxygen atoms in total. The molecule has 1 fully saturated rings. The van der Waals surface area contributed by atoms with E-state index in [2.05, 4.69) is 28.2 Å². The van der Waals surface area contributed by atoms with Crippen LogP contribution in [0.15, 0.2) is 22.7 Å². The van der Waals surface area contributed by atoms with Gasteiger partial charge in [-0.05, 0) is 62.4 Å². The Balaban J connectivity index is 2.14.